The standard InChI is InChI=1S/C14H13N3S2/c1-17-8-7-15-14(17)19-10-12-9-18-13(16-12)11-5-3-2-4-6-11/h2-9H,10H2,1H3. The molecule has 0 bridgehead atoms. The van der Waals surface area contributed by atoms with Gasteiger partial charge in [-0.1, -0.05) is 42.1 Å². The van der Waals surface area contributed by atoms with Gasteiger partial charge >= 0.3 is 0 Å². The summed E-state index contributed by atoms with van der Waals surface area (Å²) < 4.78 is 2.02. The molecule has 5 heteroatoms. The van der Waals surface area contributed by atoms with Crippen LogP contribution < -0.4 is 0 Å². The summed E-state index contributed by atoms with van der Waals surface area (Å²) in [7, 11) is 2.01. The molecule has 0 atom stereocenters. The summed E-state index contributed by atoms with van der Waals surface area (Å²) in [6.07, 6.45) is 3.78. The molecule has 96 valence electrons. The molecule has 1 aromatic carbocycles. The summed E-state index contributed by atoms with van der Waals surface area (Å²) in [5, 5.41) is 4.23. The lowest BCUT2D eigenvalue weighted by Crippen LogP contribution is -1.90. The first-order chi connectivity index (χ1) is 9.33. The van der Waals surface area contributed by atoms with E-state index in [1.54, 1.807) is 23.1 Å². The van der Waals surface area contributed by atoms with Crippen LogP contribution in [-0.4, -0.2) is 14.5 Å². The fraction of sp³-hybridized carbons (Fsp3) is 0.143. The van der Waals surface area contributed by atoms with E-state index in [0.29, 0.717) is 0 Å². The van der Waals surface area contributed by atoms with Gasteiger partial charge in [-0.25, -0.2) is 9.97 Å². The Labute approximate surface area is 120 Å². The number of thioether (sulfide) groups is 1. The topological polar surface area (TPSA) is 30.7 Å². The molecule has 19 heavy (non-hydrogen) atoms. The monoisotopic (exact) mass is 287 g/mol. The second kappa shape index (κ2) is 5.59. The SMILES string of the molecule is Cn1ccnc1SCc1csc(-c2ccccc2)n1. The number of benzene rings is 1. The van der Waals surface area contributed by atoms with E-state index in [0.717, 1.165) is 21.6 Å². The van der Waals surface area contributed by atoms with Crippen molar-refractivity contribution in [1.82, 2.24) is 14.5 Å². The van der Waals surface area contributed by atoms with Gasteiger partial charge in [0.15, 0.2) is 5.16 Å². The number of aromatic nitrogens is 3. The number of aryl methyl sites for hydroxylation is 1. The number of rotatable bonds is 4. The van der Waals surface area contributed by atoms with Crippen LogP contribution in [0.3, 0.4) is 0 Å². The lowest BCUT2D eigenvalue weighted by Gasteiger charge is -1.99. The van der Waals surface area contributed by atoms with E-state index in [-0.39, 0.29) is 0 Å². The molecule has 0 amide bonds. The van der Waals surface area contributed by atoms with Crippen LogP contribution in [-0.2, 0) is 12.8 Å². The third-order valence-electron chi connectivity index (χ3n) is 2.70. The Bertz CT molecular complexity index is 658. The van der Waals surface area contributed by atoms with Gasteiger partial charge in [0.1, 0.15) is 5.01 Å². The Hall–Kier alpha value is -1.59. The lowest BCUT2D eigenvalue weighted by atomic mass is 10.2. The quantitative estimate of drug-likeness (QED) is 0.683. The number of hydrogen-bond acceptors (Lipinski definition) is 4. The van der Waals surface area contributed by atoms with Gasteiger partial charge in [-0.2, -0.15) is 0 Å². The highest BCUT2D eigenvalue weighted by atomic mass is 32.2. The van der Waals surface area contributed by atoms with Gasteiger partial charge in [0, 0.05) is 36.1 Å². The third-order valence-corrected chi connectivity index (χ3v) is 4.73. The van der Waals surface area contributed by atoms with Crippen LogP contribution in [0.4, 0.5) is 0 Å². The highest BCUT2D eigenvalue weighted by Gasteiger charge is 2.06. The average molecular weight is 287 g/mol. The van der Waals surface area contributed by atoms with Crippen molar-refractivity contribution in [3.63, 3.8) is 0 Å². The van der Waals surface area contributed by atoms with Gasteiger partial charge in [0.05, 0.1) is 5.69 Å². The van der Waals surface area contributed by atoms with Crippen molar-refractivity contribution in [1.29, 1.82) is 0 Å². The minimum atomic E-state index is 0.855. The molecule has 0 spiro atoms. The van der Waals surface area contributed by atoms with E-state index < -0.39 is 0 Å². The van der Waals surface area contributed by atoms with E-state index in [4.69, 9.17) is 0 Å². The summed E-state index contributed by atoms with van der Waals surface area (Å²) in [4.78, 5) is 8.97. The number of nitrogens with zero attached hydrogens (tertiary/aromatic N) is 3. The zero-order valence-electron chi connectivity index (χ0n) is 10.5. The van der Waals surface area contributed by atoms with E-state index >= 15 is 0 Å². The van der Waals surface area contributed by atoms with Gasteiger partial charge in [-0.3, -0.25) is 0 Å². The highest BCUT2D eigenvalue weighted by molar-refractivity contribution is 7.98. The number of hydrogen-bond donors (Lipinski definition) is 0. The fourth-order valence-electron chi connectivity index (χ4n) is 1.72. The zero-order chi connectivity index (χ0) is 13.1. The number of thiazole rings is 1. The van der Waals surface area contributed by atoms with Crippen LogP contribution in [0, 0.1) is 0 Å². The van der Waals surface area contributed by atoms with E-state index in [9.17, 15) is 0 Å². The van der Waals surface area contributed by atoms with Gasteiger partial charge < -0.3 is 4.57 Å². The maximum absolute atomic E-state index is 4.67. The average Bonchev–Trinajstić information content (AvgIpc) is 3.06. The van der Waals surface area contributed by atoms with Gasteiger partial charge in [-0.15, -0.1) is 11.3 Å². The minimum Gasteiger partial charge on any atom is -0.329 e. The van der Waals surface area contributed by atoms with Crippen molar-refractivity contribution in [3.05, 3.63) is 53.8 Å². The first-order valence-electron chi connectivity index (χ1n) is 5.93. The molecular weight excluding hydrogens is 274 g/mol. The molecule has 2 heterocycles. The zero-order valence-corrected chi connectivity index (χ0v) is 12.1. The first kappa shape index (κ1) is 12.4. The second-order valence-corrected chi connectivity index (χ2v) is 5.92. The van der Waals surface area contributed by atoms with Crippen LogP contribution in [0.25, 0.3) is 10.6 Å². The van der Waals surface area contributed by atoms with E-state index in [1.165, 1.54) is 5.56 Å². The van der Waals surface area contributed by atoms with Crippen LogP contribution in [0.15, 0.2) is 53.3 Å². The molecule has 3 rings (SSSR count). The number of imidazole rings is 1. The second-order valence-electron chi connectivity index (χ2n) is 4.12. The van der Waals surface area contributed by atoms with Crippen molar-refractivity contribution in [2.75, 3.05) is 0 Å². The molecule has 0 aliphatic carbocycles. The Morgan fingerprint density at radius 3 is 2.84 bits per heavy atom. The third kappa shape index (κ3) is 2.88. The molecular formula is C14H13N3S2. The molecule has 0 fully saturated rings. The summed E-state index contributed by atoms with van der Waals surface area (Å²) in [6.45, 7) is 0. The molecule has 3 nitrogen and oxygen atoms in total. The molecule has 3 aromatic rings. The van der Waals surface area contributed by atoms with Crippen molar-refractivity contribution in [3.8, 4) is 10.6 Å². The van der Waals surface area contributed by atoms with Crippen LogP contribution in [0.5, 0.6) is 0 Å². The molecule has 0 aliphatic heterocycles. The van der Waals surface area contributed by atoms with Crippen LogP contribution in [0.2, 0.25) is 0 Å². The fourth-order valence-corrected chi connectivity index (χ4v) is 3.47. The first-order valence-corrected chi connectivity index (χ1v) is 7.79. The molecule has 0 N–H and O–H groups in total. The molecule has 0 saturated carbocycles. The Morgan fingerprint density at radius 2 is 2.11 bits per heavy atom. The summed E-state index contributed by atoms with van der Waals surface area (Å²) in [6, 6.07) is 10.3. The molecule has 0 aliphatic rings. The summed E-state index contributed by atoms with van der Waals surface area (Å²) >= 11 is 3.40. The van der Waals surface area contributed by atoms with E-state index in [2.05, 4.69) is 27.5 Å². The van der Waals surface area contributed by atoms with Crippen molar-refractivity contribution in [2.45, 2.75) is 10.9 Å². The molecule has 0 unspecified atom stereocenters. The normalized spacial score (nSPS) is 10.8. The lowest BCUT2D eigenvalue weighted by molar-refractivity contribution is 0.789. The highest BCUT2D eigenvalue weighted by Crippen LogP contribution is 2.26. The van der Waals surface area contributed by atoms with Crippen LogP contribution >= 0.6 is 23.1 Å². The largest absolute Gasteiger partial charge is 0.329 e. The summed E-state index contributed by atoms with van der Waals surface area (Å²) in [5.41, 5.74) is 2.29. The van der Waals surface area contributed by atoms with E-state index in [1.807, 2.05) is 42.2 Å². The molecule has 2 aromatic heterocycles. The Balaban J connectivity index is 1.70. The predicted molar refractivity (Wildman–Crippen MR) is 80.3 cm³/mol. The van der Waals surface area contributed by atoms with Gasteiger partial charge in [-0.05, 0) is 0 Å². The molecule has 0 saturated heterocycles. The minimum absolute atomic E-state index is 0.855. The summed E-state index contributed by atoms with van der Waals surface area (Å²) in [5.74, 6) is 0.855. The maximum Gasteiger partial charge on any atom is 0.168 e. The molecule has 0 radical (unpaired) electrons. The van der Waals surface area contributed by atoms with Crippen LogP contribution in [0.1, 0.15) is 5.69 Å². The maximum atomic E-state index is 4.67. The van der Waals surface area contributed by atoms with Gasteiger partial charge in [0.2, 0.25) is 0 Å². The van der Waals surface area contributed by atoms with Gasteiger partial charge in [0.25, 0.3) is 0 Å². The van der Waals surface area contributed by atoms with Crippen molar-refractivity contribution >= 4 is 23.1 Å². The predicted octanol–water partition coefficient (Wildman–Crippen LogP) is 3.84. The Kier molecular flexibility index (Phi) is 3.66. The smallest absolute Gasteiger partial charge is 0.168 e. The van der Waals surface area contributed by atoms with Crippen molar-refractivity contribution in [2.24, 2.45) is 7.05 Å². The van der Waals surface area contributed by atoms with Crippen molar-refractivity contribution < 1.29 is 0 Å². The Morgan fingerprint density at radius 1 is 1.26 bits per heavy atom.